The molecule has 0 radical (unpaired) electrons. The highest BCUT2D eigenvalue weighted by Crippen LogP contribution is 2.18. The first kappa shape index (κ1) is 14.0. The summed E-state index contributed by atoms with van der Waals surface area (Å²) >= 11 is 1.10. The van der Waals surface area contributed by atoms with Crippen molar-refractivity contribution in [2.75, 3.05) is 14.1 Å². The topological polar surface area (TPSA) is 99.6 Å². The molecule has 0 bridgehead atoms. The lowest BCUT2D eigenvalue weighted by atomic mass is 10.4. The number of rotatable bonds is 5. The molecule has 1 aromatic rings. The lowest BCUT2D eigenvalue weighted by Crippen LogP contribution is -2.37. The molecule has 0 saturated heterocycles. The molecule has 17 heavy (non-hydrogen) atoms. The largest absolute Gasteiger partial charge is 0.476 e. The first-order chi connectivity index (χ1) is 7.74. The minimum Gasteiger partial charge on any atom is -0.476 e. The normalized spacial score (nSPS) is 13.9. The van der Waals surface area contributed by atoms with Crippen molar-refractivity contribution in [1.29, 1.82) is 0 Å². The van der Waals surface area contributed by atoms with E-state index in [-0.39, 0.29) is 5.69 Å². The molecule has 96 valence electrons. The third-order valence-electron chi connectivity index (χ3n) is 1.92. The summed E-state index contributed by atoms with van der Waals surface area (Å²) in [6, 6.07) is -0.569. The minimum absolute atomic E-state index is 0.0825. The number of thiazole rings is 1. The molecule has 0 saturated carbocycles. The van der Waals surface area contributed by atoms with Gasteiger partial charge >= 0.3 is 5.97 Å². The van der Waals surface area contributed by atoms with Crippen LogP contribution in [-0.4, -0.2) is 42.9 Å². The zero-order valence-corrected chi connectivity index (χ0v) is 11.2. The van der Waals surface area contributed by atoms with Crippen molar-refractivity contribution < 1.29 is 18.3 Å². The van der Waals surface area contributed by atoms with Crippen LogP contribution in [0.15, 0.2) is 5.38 Å². The summed E-state index contributed by atoms with van der Waals surface area (Å²) < 4.78 is 26.5. The van der Waals surface area contributed by atoms with Gasteiger partial charge in [-0.25, -0.2) is 9.78 Å². The zero-order valence-electron chi connectivity index (χ0n) is 9.54. The van der Waals surface area contributed by atoms with Crippen LogP contribution in [0.3, 0.4) is 0 Å². The van der Waals surface area contributed by atoms with E-state index in [4.69, 9.17) is 5.11 Å². The van der Waals surface area contributed by atoms with Crippen LogP contribution in [0.2, 0.25) is 0 Å². The molecule has 0 fully saturated rings. The fourth-order valence-electron chi connectivity index (χ4n) is 0.964. The standard InChI is InChI=1S/C8H13N3O4S2/c1-5(10-17(14,15)11(2)3)7-9-6(4-16-7)8(12)13/h4-5,10H,1-3H3,(H,12,13). The van der Waals surface area contributed by atoms with Gasteiger partial charge in [0.1, 0.15) is 5.01 Å². The molecule has 1 aromatic heterocycles. The van der Waals surface area contributed by atoms with Gasteiger partial charge in [-0.15, -0.1) is 11.3 Å². The number of aromatic carboxylic acids is 1. The van der Waals surface area contributed by atoms with Crippen molar-refractivity contribution in [2.24, 2.45) is 0 Å². The number of nitrogens with one attached hydrogen (secondary N) is 1. The average molecular weight is 279 g/mol. The third-order valence-corrected chi connectivity index (χ3v) is 4.56. The average Bonchev–Trinajstić information content (AvgIpc) is 2.65. The van der Waals surface area contributed by atoms with Gasteiger partial charge in [0.25, 0.3) is 10.2 Å². The molecule has 1 heterocycles. The van der Waals surface area contributed by atoms with Crippen LogP contribution in [-0.2, 0) is 10.2 Å². The number of hydrogen-bond acceptors (Lipinski definition) is 5. The molecule has 0 aliphatic heterocycles. The maximum absolute atomic E-state index is 11.5. The van der Waals surface area contributed by atoms with Crippen LogP contribution in [0.5, 0.6) is 0 Å². The van der Waals surface area contributed by atoms with E-state index in [9.17, 15) is 13.2 Å². The van der Waals surface area contributed by atoms with Crippen molar-refractivity contribution in [3.05, 3.63) is 16.1 Å². The number of aromatic nitrogens is 1. The SMILES string of the molecule is CC(NS(=O)(=O)N(C)C)c1nc(C(=O)O)cs1. The van der Waals surface area contributed by atoms with Crippen LogP contribution in [0.1, 0.15) is 28.5 Å². The fourth-order valence-corrected chi connectivity index (χ4v) is 2.61. The predicted molar refractivity (Wildman–Crippen MR) is 63.2 cm³/mol. The van der Waals surface area contributed by atoms with E-state index in [1.54, 1.807) is 6.92 Å². The lowest BCUT2D eigenvalue weighted by Gasteiger charge is -2.15. The van der Waals surface area contributed by atoms with Crippen LogP contribution in [0.4, 0.5) is 0 Å². The van der Waals surface area contributed by atoms with E-state index in [0.717, 1.165) is 15.6 Å². The first-order valence-electron chi connectivity index (χ1n) is 4.62. The van der Waals surface area contributed by atoms with E-state index in [2.05, 4.69) is 9.71 Å². The molecule has 0 spiro atoms. The van der Waals surface area contributed by atoms with Gasteiger partial charge in [-0.3, -0.25) is 0 Å². The summed E-state index contributed by atoms with van der Waals surface area (Å²) in [4.78, 5) is 14.5. The summed E-state index contributed by atoms with van der Waals surface area (Å²) in [5.41, 5.74) is -0.0825. The number of nitrogens with zero attached hydrogens (tertiary/aromatic N) is 2. The number of carboxylic acid groups (broad SMARTS) is 1. The molecular formula is C8H13N3O4S2. The molecule has 0 amide bonds. The van der Waals surface area contributed by atoms with Gasteiger partial charge in [0, 0.05) is 19.5 Å². The first-order valence-corrected chi connectivity index (χ1v) is 6.94. The van der Waals surface area contributed by atoms with Gasteiger partial charge in [0.15, 0.2) is 5.69 Å². The second-order valence-corrected chi connectivity index (χ2v) is 6.31. The van der Waals surface area contributed by atoms with E-state index in [0.29, 0.717) is 5.01 Å². The van der Waals surface area contributed by atoms with Crippen molar-refractivity contribution in [2.45, 2.75) is 13.0 Å². The summed E-state index contributed by atoms with van der Waals surface area (Å²) in [7, 11) is -0.749. The van der Waals surface area contributed by atoms with Crippen LogP contribution in [0.25, 0.3) is 0 Å². The van der Waals surface area contributed by atoms with Crippen molar-refractivity contribution in [3.63, 3.8) is 0 Å². The van der Waals surface area contributed by atoms with Gasteiger partial charge in [-0.1, -0.05) is 0 Å². The van der Waals surface area contributed by atoms with Crippen LogP contribution < -0.4 is 4.72 Å². The van der Waals surface area contributed by atoms with Gasteiger partial charge in [0.2, 0.25) is 0 Å². The molecular weight excluding hydrogens is 266 g/mol. The molecule has 0 aromatic carbocycles. The van der Waals surface area contributed by atoms with E-state index in [1.807, 2.05) is 0 Å². The highest BCUT2D eigenvalue weighted by atomic mass is 32.2. The monoisotopic (exact) mass is 279 g/mol. The lowest BCUT2D eigenvalue weighted by molar-refractivity contribution is 0.0691. The van der Waals surface area contributed by atoms with Gasteiger partial charge < -0.3 is 5.11 Å². The molecule has 2 N–H and O–H groups in total. The Hall–Kier alpha value is -1.03. The summed E-state index contributed by atoms with van der Waals surface area (Å²) in [5, 5.41) is 10.5. The second kappa shape index (κ2) is 5.08. The fraction of sp³-hybridized carbons (Fsp3) is 0.500. The Morgan fingerprint density at radius 2 is 2.18 bits per heavy atom. The number of carboxylic acids is 1. The third kappa shape index (κ3) is 3.46. The molecule has 9 heteroatoms. The number of hydrogen-bond donors (Lipinski definition) is 2. The van der Waals surface area contributed by atoms with E-state index in [1.165, 1.54) is 19.5 Å². The Morgan fingerprint density at radius 3 is 2.59 bits per heavy atom. The van der Waals surface area contributed by atoms with Gasteiger partial charge in [-0.05, 0) is 6.92 Å². The maximum Gasteiger partial charge on any atom is 0.355 e. The Balaban J connectivity index is 2.83. The summed E-state index contributed by atoms with van der Waals surface area (Å²) in [6.07, 6.45) is 0. The molecule has 7 nitrogen and oxygen atoms in total. The smallest absolute Gasteiger partial charge is 0.355 e. The number of carbonyl (C=O) groups is 1. The van der Waals surface area contributed by atoms with E-state index < -0.39 is 22.2 Å². The second-order valence-electron chi connectivity index (χ2n) is 3.50. The predicted octanol–water partition coefficient (Wildman–Crippen LogP) is 0.298. The van der Waals surface area contributed by atoms with E-state index >= 15 is 0 Å². The van der Waals surface area contributed by atoms with Gasteiger partial charge in [-0.2, -0.15) is 17.4 Å². The van der Waals surface area contributed by atoms with Crippen LogP contribution in [0, 0.1) is 0 Å². The Kier molecular flexibility index (Phi) is 4.20. The van der Waals surface area contributed by atoms with Crippen molar-refractivity contribution in [1.82, 2.24) is 14.0 Å². The van der Waals surface area contributed by atoms with Crippen molar-refractivity contribution >= 4 is 27.5 Å². The Labute approximate surface area is 103 Å². The highest BCUT2D eigenvalue weighted by molar-refractivity contribution is 7.87. The van der Waals surface area contributed by atoms with Crippen LogP contribution >= 0.6 is 11.3 Å². The zero-order chi connectivity index (χ0) is 13.2. The Bertz CT molecular complexity index is 509. The van der Waals surface area contributed by atoms with Gasteiger partial charge in [0.05, 0.1) is 6.04 Å². The summed E-state index contributed by atoms with van der Waals surface area (Å²) in [6.45, 7) is 1.60. The molecule has 1 atom stereocenters. The summed E-state index contributed by atoms with van der Waals surface area (Å²) in [5.74, 6) is -1.13. The molecule has 0 aliphatic carbocycles. The minimum atomic E-state index is -3.55. The molecule has 0 aliphatic rings. The van der Waals surface area contributed by atoms with Crippen molar-refractivity contribution in [3.8, 4) is 0 Å². The Morgan fingerprint density at radius 1 is 1.59 bits per heavy atom. The molecule has 1 rings (SSSR count). The highest BCUT2D eigenvalue weighted by Gasteiger charge is 2.20. The quantitative estimate of drug-likeness (QED) is 0.807. The molecule has 1 unspecified atom stereocenters. The maximum atomic E-state index is 11.5.